The summed E-state index contributed by atoms with van der Waals surface area (Å²) in [6.45, 7) is 3.29. The van der Waals surface area contributed by atoms with Crippen molar-refractivity contribution in [2.24, 2.45) is 0 Å². The molecule has 1 aliphatic rings. The van der Waals surface area contributed by atoms with Crippen molar-refractivity contribution >= 4 is 31.9 Å². The van der Waals surface area contributed by atoms with Crippen LogP contribution in [0.4, 0.5) is 0 Å². The normalized spacial score (nSPS) is 15.5. The molecule has 0 heterocycles. The SMILES string of the molecule is CCCCCCOc1ccc(C2(c3ccc(CCCCCCO)cc3)c3cc(Br)ccc3-c3c(Br)cccc32)cc1. The van der Waals surface area contributed by atoms with Crippen molar-refractivity contribution in [1.29, 1.82) is 0 Å². The monoisotopic (exact) mass is 674 g/mol. The molecule has 1 aliphatic carbocycles. The molecular formula is C37H40Br2O2. The van der Waals surface area contributed by atoms with Crippen molar-refractivity contribution in [3.63, 3.8) is 0 Å². The van der Waals surface area contributed by atoms with Gasteiger partial charge in [0.2, 0.25) is 0 Å². The third-order valence-corrected chi connectivity index (χ3v) is 9.54. The van der Waals surface area contributed by atoms with Crippen LogP contribution in [0.5, 0.6) is 5.75 Å². The molecule has 214 valence electrons. The number of unbranched alkanes of at least 4 members (excludes halogenated alkanes) is 6. The number of fused-ring (bicyclic) bond motifs is 3. The Hall–Kier alpha value is -2.40. The van der Waals surface area contributed by atoms with Gasteiger partial charge in [0.25, 0.3) is 0 Å². The minimum absolute atomic E-state index is 0.290. The van der Waals surface area contributed by atoms with Crippen molar-refractivity contribution in [3.05, 3.63) is 122 Å². The Morgan fingerprint density at radius 3 is 2.15 bits per heavy atom. The zero-order chi connectivity index (χ0) is 28.7. The zero-order valence-electron chi connectivity index (χ0n) is 24.0. The number of hydrogen-bond donors (Lipinski definition) is 1. The highest BCUT2D eigenvalue weighted by atomic mass is 79.9. The standard InChI is InChI=1S/C37H40Br2O2/c1-2-3-4-9-25-41-31-21-18-29(19-22-31)37(28-16-14-27(15-17-28)11-7-5-6-8-24-40)33-12-10-13-35(39)36(33)32-23-20-30(38)26-34(32)37/h10,12-23,26,40H,2-9,11,24-25H2,1H3. The van der Waals surface area contributed by atoms with E-state index in [1.807, 2.05) is 0 Å². The van der Waals surface area contributed by atoms with Gasteiger partial charge in [-0.2, -0.15) is 0 Å². The molecule has 0 bridgehead atoms. The molecule has 2 nitrogen and oxygen atoms in total. The first-order valence-corrected chi connectivity index (χ1v) is 16.7. The topological polar surface area (TPSA) is 29.5 Å². The number of halogens is 2. The van der Waals surface area contributed by atoms with Gasteiger partial charge in [-0.25, -0.2) is 0 Å². The number of hydrogen-bond acceptors (Lipinski definition) is 2. The number of benzene rings is 4. The predicted octanol–water partition coefficient (Wildman–Crippen LogP) is 10.6. The largest absolute Gasteiger partial charge is 0.494 e. The highest BCUT2D eigenvalue weighted by Crippen LogP contribution is 2.58. The van der Waals surface area contributed by atoms with Gasteiger partial charge in [0.15, 0.2) is 0 Å². The van der Waals surface area contributed by atoms with Crippen LogP contribution in [0.25, 0.3) is 11.1 Å². The molecule has 5 rings (SSSR count). The van der Waals surface area contributed by atoms with Crippen LogP contribution >= 0.6 is 31.9 Å². The lowest BCUT2D eigenvalue weighted by atomic mass is 9.67. The fourth-order valence-electron chi connectivity index (χ4n) is 6.32. The molecule has 1 N–H and O–H groups in total. The maximum absolute atomic E-state index is 9.08. The molecule has 4 aromatic carbocycles. The van der Waals surface area contributed by atoms with Crippen molar-refractivity contribution in [3.8, 4) is 16.9 Å². The van der Waals surface area contributed by atoms with E-state index in [0.29, 0.717) is 0 Å². The van der Waals surface area contributed by atoms with Crippen molar-refractivity contribution in [1.82, 2.24) is 0 Å². The summed E-state index contributed by atoms with van der Waals surface area (Å²) >= 11 is 7.69. The molecule has 0 saturated carbocycles. The summed E-state index contributed by atoms with van der Waals surface area (Å²) in [5.41, 5.74) is 8.54. The van der Waals surface area contributed by atoms with E-state index in [2.05, 4.69) is 124 Å². The summed E-state index contributed by atoms with van der Waals surface area (Å²) in [5.74, 6) is 0.930. The van der Waals surface area contributed by atoms with Crippen LogP contribution in [0.1, 0.15) is 86.1 Å². The van der Waals surface area contributed by atoms with Crippen LogP contribution in [0.15, 0.2) is 93.9 Å². The van der Waals surface area contributed by atoms with E-state index in [9.17, 15) is 0 Å². The van der Waals surface area contributed by atoms with Gasteiger partial charge in [0.1, 0.15) is 5.75 Å². The third-order valence-electron chi connectivity index (χ3n) is 8.39. The number of aliphatic hydroxyl groups is 1. The van der Waals surface area contributed by atoms with E-state index in [0.717, 1.165) is 59.8 Å². The molecule has 4 heteroatoms. The molecule has 0 saturated heterocycles. The zero-order valence-corrected chi connectivity index (χ0v) is 27.1. The van der Waals surface area contributed by atoms with Gasteiger partial charge in [-0.05, 0) is 89.4 Å². The Balaban J connectivity index is 1.56. The number of ether oxygens (including phenoxy) is 1. The fourth-order valence-corrected chi connectivity index (χ4v) is 7.27. The van der Waals surface area contributed by atoms with Crippen LogP contribution < -0.4 is 4.74 Å². The van der Waals surface area contributed by atoms with Crippen molar-refractivity contribution in [2.75, 3.05) is 13.2 Å². The van der Waals surface area contributed by atoms with E-state index in [1.165, 1.54) is 58.2 Å². The van der Waals surface area contributed by atoms with Crippen LogP contribution in [-0.2, 0) is 11.8 Å². The van der Waals surface area contributed by atoms with Gasteiger partial charge < -0.3 is 9.84 Å². The lowest BCUT2D eigenvalue weighted by Gasteiger charge is -2.34. The van der Waals surface area contributed by atoms with Crippen LogP contribution in [0, 0.1) is 0 Å². The Bertz CT molecular complexity index is 1370. The summed E-state index contributed by atoms with van der Waals surface area (Å²) in [5, 5.41) is 9.08. The molecule has 0 aliphatic heterocycles. The summed E-state index contributed by atoms with van der Waals surface area (Å²) in [6, 6.07) is 31.4. The van der Waals surface area contributed by atoms with Crippen LogP contribution in [-0.4, -0.2) is 18.3 Å². The molecule has 1 unspecified atom stereocenters. The smallest absolute Gasteiger partial charge is 0.119 e. The van der Waals surface area contributed by atoms with Gasteiger partial charge >= 0.3 is 0 Å². The first-order valence-electron chi connectivity index (χ1n) is 15.1. The maximum Gasteiger partial charge on any atom is 0.119 e. The summed E-state index contributed by atoms with van der Waals surface area (Å²) in [7, 11) is 0. The summed E-state index contributed by atoms with van der Waals surface area (Å²) in [4.78, 5) is 0. The molecule has 0 amide bonds. The molecule has 1 atom stereocenters. The molecule has 0 spiro atoms. The van der Waals surface area contributed by atoms with Crippen LogP contribution in [0.2, 0.25) is 0 Å². The first kappa shape index (κ1) is 30.1. The summed E-state index contributed by atoms with van der Waals surface area (Å²) in [6.07, 6.45) is 10.2. The Morgan fingerprint density at radius 2 is 1.41 bits per heavy atom. The molecule has 4 aromatic rings. The Morgan fingerprint density at radius 1 is 0.707 bits per heavy atom. The second kappa shape index (κ2) is 14.2. The Labute approximate surface area is 262 Å². The highest BCUT2D eigenvalue weighted by Gasteiger charge is 2.46. The number of aliphatic hydroxyl groups excluding tert-OH is 1. The van der Waals surface area contributed by atoms with Crippen LogP contribution in [0.3, 0.4) is 0 Å². The summed E-state index contributed by atoms with van der Waals surface area (Å²) < 4.78 is 8.33. The Kier molecular flexibility index (Phi) is 10.4. The fraction of sp³-hybridized carbons (Fsp3) is 0.351. The van der Waals surface area contributed by atoms with E-state index < -0.39 is 5.41 Å². The molecule has 0 radical (unpaired) electrons. The number of aryl methyl sites for hydroxylation is 1. The third kappa shape index (κ3) is 6.35. The predicted molar refractivity (Wildman–Crippen MR) is 178 cm³/mol. The second-order valence-electron chi connectivity index (χ2n) is 11.1. The van der Waals surface area contributed by atoms with Crippen molar-refractivity contribution < 1.29 is 9.84 Å². The lowest BCUT2D eigenvalue weighted by Crippen LogP contribution is -2.28. The number of rotatable bonds is 14. The molecular weight excluding hydrogens is 636 g/mol. The molecule has 41 heavy (non-hydrogen) atoms. The lowest BCUT2D eigenvalue weighted by molar-refractivity contribution is 0.282. The van der Waals surface area contributed by atoms with Gasteiger partial charge in [0, 0.05) is 21.1 Å². The quantitative estimate of drug-likeness (QED) is 0.119. The van der Waals surface area contributed by atoms with E-state index in [1.54, 1.807) is 0 Å². The first-order chi connectivity index (χ1) is 20.1. The van der Waals surface area contributed by atoms with Gasteiger partial charge in [0.05, 0.1) is 12.0 Å². The highest BCUT2D eigenvalue weighted by molar-refractivity contribution is 9.10. The molecule has 0 fully saturated rings. The van der Waals surface area contributed by atoms with E-state index >= 15 is 0 Å². The average molecular weight is 677 g/mol. The van der Waals surface area contributed by atoms with Gasteiger partial charge in [-0.15, -0.1) is 0 Å². The van der Waals surface area contributed by atoms with E-state index in [-0.39, 0.29) is 6.61 Å². The van der Waals surface area contributed by atoms with Crippen molar-refractivity contribution in [2.45, 2.75) is 70.1 Å². The molecule has 0 aromatic heterocycles. The van der Waals surface area contributed by atoms with Gasteiger partial charge in [-0.3, -0.25) is 0 Å². The maximum atomic E-state index is 9.08. The van der Waals surface area contributed by atoms with E-state index in [4.69, 9.17) is 9.84 Å². The average Bonchev–Trinajstić information content (AvgIpc) is 3.29. The second-order valence-corrected chi connectivity index (χ2v) is 12.9. The minimum Gasteiger partial charge on any atom is -0.494 e. The van der Waals surface area contributed by atoms with Gasteiger partial charge in [-0.1, -0.05) is 125 Å². The minimum atomic E-state index is -0.447.